The van der Waals surface area contributed by atoms with Crippen LogP contribution in [0.3, 0.4) is 0 Å². The smallest absolute Gasteiger partial charge is 0.266 e. The summed E-state index contributed by atoms with van der Waals surface area (Å²) in [7, 11) is 0. The molecule has 2 aliphatic rings. The van der Waals surface area contributed by atoms with E-state index in [9.17, 15) is 14.4 Å². The molecule has 0 aromatic heterocycles. The van der Waals surface area contributed by atoms with Crippen molar-refractivity contribution in [1.82, 2.24) is 5.32 Å². The number of anilines is 1. The van der Waals surface area contributed by atoms with Crippen molar-refractivity contribution in [2.24, 2.45) is 0 Å². The van der Waals surface area contributed by atoms with Gasteiger partial charge in [-0.25, -0.2) is 4.90 Å². The first kappa shape index (κ1) is 18.4. The molecule has 0 spiro atoms. The number of nitrogens with one attached hydrogen (secondary N) is 1. The van der Waals surface area contributed by atoms with Gasteiger partial charge in [0, 0.05) is 18.7 Å². The molecule has 1 N–H and O–H groups in total. The average molecular weight is 378 g/mol. The number of carbonyl (C=O) groups excluding carboxylic acids is 3. The molecule has 0 aliphatic carbocycles. The molecule has 144 valence electrons. The van der Waals surface area contributed by atoms with Crippen LogP contribution in [-0.2, 0) is 4.74 Å². The summed E-state index contributed by atoms with van der Waals surface area (Å²) in [5.74, 6) is -1.04. The van der Waals surface area contributed by atoms with Crippen molar-refractivity contribution < 1.29 is 19.1 Å². The highest BCUT2D eigenvalue weighted by Crippen LogP contribution is 2.32. The van der Waals surface area contributed by atoms with E-state index in [1.165, 1.54) is 11.0 Å². The van der Waals surface area contributed by atoms with E-state index in [-0.39, 0.29) is 23.5 Å². The highest BCUT2D eigenvalue weighted by atomic mass is 16.5. The minimum atomic E-state index is -0.400. The van der Waals surface area contributed by atoms with Crippen LogP contribution in [0.15, 0.2) is 36.4 Å². The zero-order chi connectivity index (χ0) is 19.8. The van der Waals surface area contributed by atoms with Gasteiger partial charge in [0.15, 0.2) is 0 Å². The average Bonchev–Trinajstić information content (AvgIpc) is 3.30. The van der Waals surface area contributed by atoms with Crippen molar-refractivity contribution in [1.29, 1.82) is 0 Å². The lowest BCUT2D eigenvalue weighted by molar-refractivity contribution is 0.0857. The van der Waals surface area contributed by atoms with Crippen LogP contribution in [0.2, 0.25) is 0 Å². The van der Waals surface area contributed by atoms with Gasteiger partial charge in [0.2, 0.25) is 0 Å². The molecule has 2 heterocycles. The summed E-state index contributed by atoms with van der Waals surface area (Å²) in [6, 6.07) is 10.2. The normalized spacial score (nSPS) is 18.5. The zero-order valence-corrected chi connectivity index (χ0v) is 16.0. The van der Waals surface area contributed by atoms with Gasteiger partial charge in [-0.2, -0.15) is 0 Å². The van der Waals surface area contributed by atoms with Crippen molar-refractivity contribution in [2.45, 2.75) is 32.8 Å². The van der Waals surface area contributed by atoms with Crippen LogP contribution in [-0.4, -0.2) is 37.0 Å². The third-order valence-electron chi connectivity index (χ3n) is 5.48. The van der Waals surface area contributed by atoms with Crippen LogP contribution in [0, 0.1) is 13.8 Å². The SMILES string of the molecule is Cc1cccc(N2C(=O)c3ccc(C(=O)NCC4CCCO4)cc3C2=O)c1C. The molecule has 0 radical (unpaired) electrons. The van der Waals surface area contributed by atoms with Crippen LogP contribution >= 0.6 is 0 Å². The molecular weight excluding hydrogens is 356 g/mol. The summed E-state index contributed by atoms with van der Waals surface area (Å²) in [5.41, 5.74) is 3.41. The summed E-state index contributed by atoms with van der Waals surface area (Å²) in [6.07, 6.45) is 1.98. The highest BCUT2D eigenvalue weighted by Gasteiger charge is 2.38. The van der Waals surface area contributed by atoms with E-state index in [2.05, 4.69) is 5.32 Å². The number of hydrogen-bond acceptors (Lipinski definition) is 4. The van der Waals surface area contributed by atoms with Gasteiger partial charge in [0.1, 0.15) is 0 Å². The molecule has 6 heteroatoms. The van der Waals surface area contributed by atoms with E-state index in [4.69, 9.17) is 4.74 Å². The fourth-order valence-corrected chi connectivity index (χ4v) is 3.69. The second-order valence-corrected chi connectivity index (χ2v) is 7.27. The summed E-state index contributed by atoms with van der Waals surface area (Å²) in [6.45, 7) is 4.99. The van der Waals surface area contributed by atoms with Crippen LogP contribution in [0.1, 0.15) is 55.0 Å². The predicted molar refractivity (Wildman–Crippen MR) is 105 cm³/mol. The second-order valence-electron chi connectivity index (χ2n) is 7.27. The molecular formula is C22H22N2O4. The molecule has 28 heavy (non-hydrogen) atoms. The molecule has 2 aromatic carbocycles. The lowest BCUT2D eigenvalue weighted by Gasteiger charge is -2.17. The van der Waals surface area contributed by atoms with Gasteiger partial charge in [0.25, 0.3) is 17.7 Å². The molecule has 1 saturated heterocycles. The molecule has 0 bridgehead atoms. The van der Waals surface area contributed by atoms with Crippen LogP contribution in [0.25, 0.3) is 0 Å². The fraction of sp³-hybridized carbons (Fsp3) is 0.318. The van der Waals surface area contributed by atoms with E-state index in [0.717, 1.165) is 30.6 Å². The fourth-order valence-electron chi connectivity index (χ4n) is 3.69. The summed E-state index contributed by atoms with van der Waals surface area (Å²) in [5, 5.41) is 2.84. The second kappa shape index (κ2) is 7.20. The van der Waals surface area contributed by atoms with E-state index in [0.29, 0.717) is 23.4 Å². The third-order valence-corrected chi connectivity index (χ3v) is 5.48. The standard InChI is InChI=1S/C22H22N2O4/c1-13-5-3-7-19(14(13)2)24-21(26)17-9-8-15(11-18(17)22(24)27)20(25)23-12-16-6-4-10-28-16/h3,5,7-9,11,16H,4,6,10,12H2,1-2H3,(H,23,25). The molecule has 1 unspecified atom stereocenters. The molecule has 2 aliphatic heterocycles. The van der Waals surface area contributed by atoms with Gasteiger partial charge >= 0.3 is 0 Å². The number of nitrogens with zero attached hydrogens (tertiary/aromatic N) is 1. The first-order valence-electron chi connectivity index (χ1n) is 9.46. The number of rotatable bonds is 4. The first-order chi connectivity index (χ1) is 13.5. The Morgan fingerprint density at radius 1 is 1.14 bits per heavy atom. The van der Waals surface area contributed by atoms with Crippen molar-refractivity contribution in [3.05, 3.63) is 64.2 Å². The number of aryl methyl sites for hydroxylation is 1. The zero-order valence-electron chi connectivity index (χ0n) is 16.0. The minimum absolute atomic E-state index is 0.0429. The maximum atomic E-state index is 13.0. The summed E-state index contributed by atoms with van der Waals surface area (Å²) >= 11 is 0. The summed E-state index contributed by atoms with van der Waals surface area (Å²) < 4.78 is 5.51. The van der Waals surface area contributed by atoms with Gasteiger partial charge in [-0.3, -0.25) is 14.4 Å². The van der Waals surface area contributed by atoms with Crippen molar-refractivity contribution in [3.63, 3.8) is 0 Å². The Bertz CT molecular complexity index is 976. The Kier molecular flexibility index (Phi) is 4.73. The Labute approximate surface area is 163 Å². The topological polar surface area (TPSA) is 75.7 Å². The van der Waals surface area contributed by atoms with E-state index < -0.39 is 5.91 Å². The van der Waals surface area contributed by atoms with E-state index in [1.807, 2.05) is 26.0 Å². The summed E-state index contributed by atoms with van der Waals surface area (Å²) in [4.78, 5) is 39.5. The Hall–Kier alpha value is -2.99. The van der Waals surface area contributed by atoms with Gasteiger partial charge in [-0.05, 0) is 62.1 Å². The van der Waals surface area contributed by atoms with Crippen LogP contribution in [0.4, 0.5) is 5.69 Å². The Morgan fingerprint density at radius 2 is 1.93 bits per heavy atom. The maximum Gasteiger partial charge on any atom is 0.266 e. The molecule has 6 nitrogen and oxygen atoms in total. The Balaban J connectivity index is 1.58. The largest absolute Gasteiger partial charge is 0.376 e. The van der Waals surface area contributed by atoms with Gasteiger partial charge < -0.3 is 10.1 Å². The molecule has 4 rings (SSSR count). The Morgan fingerprint density at radius 3 is 2.68 bits per heavy atom. The maximum absolute atomic E-state index is 13.0. The van der Waals surface area contributed by atoms with Crippen molar-refractivity contribution >= 4 is 23.4 Å². The predicted octanol–water partition coefficient (Wildman–Crippen LogP) is 3.01. The number of fused-ring (bicyclic) bond motifs is 1. The minimum Gasteiger partial charge on any atom is -0.376 e. The molecule has 1 fully saturated rings. The molecule has 0 saturated carbocycles. The third kappa shape index (κ3) is 3.10. The first-order valence-corrected chi connectivity index (χ1v) is 9.46. The number of amides is 3. The lowest BCUT2D eigenvalue weighted by Crippen LogP contribution is -2.32. The van der Waals surface area contributed by atoms with E-state index >= 15 is 0 Å². The van der Waals surface area contributed by atoms with Gasteiger partial charge in [0.05, 0.1) is 22.9 Å². The highest BCUT2D eigenvalue weighted by molar-refractivity contribution is 6.35. The van der Waals surface area contributed by atoms with Gasteiger partial charge in [-0.15, -0.1) is 0 Å². The lowest BCUT2D eigenvalue weighted by atomic mass is 10.1. The van der Waals surface area contributed by atoms with Crippen molar-refractivity contribution in [3.8, 4) is 0 Å². The van der Waals surface area contributed by atoms with E-state index in [1.54, 1.807) is 18.2 Å². The molecule has 3 amide bonds. The number of benzene rings is 2. The van der Waals surface area contributed by atoms with Crippen molar-refractivity contribution in [2.75, 3.05) is 18.1 Å². The van der Waals surface area contributed by atoms with Crippen LogP contribution < -0.4 is 10.2 Å². The monoisotopic (exact) mass is 378 g/mol. The number of hydrogen-bond donors (Lipinski definition) is 1. The quantitative estimate of drug-likeness (QED) is 0.830. The van der Waals surface area contributed by atoms with Crippen LogP contribution in [0.5, 0.6) is 0 Å². The molecule has 1 atom stereocenters. The molecule has 2 aromatic rings. The van der Waals surface area contributed by atoms with Gasteiger partial charge in [-0.1, -0.05) is 12.1 Å². The number of ether oxygens (including phenoxy) is 1. The number of imide groups is 1. The number of carbonyl (C=O) groups is 3.